The molecule has 0 fully saturated rings. The van der Waals surface area contributed by atoms with Gasteiger partial charge in [0.15, 0.2) is 0 Å². The van der Waals surface area contributed by atoms with E-state index in [9.17, 15) is 0 Å². The summed E-state index contributed by atoms with van der Waals surface area (Å²) in [7, 11) is 0. The molecular weight excluding hydrogens is 343 g/mol. The van der Waals surface area contributed by atoms with Crippen LogP contribution in [0.5, 0.6) is 0 Å². The van der Waals surface area contributed by atoms with E-state index in [0.717, 1.165) is 16.9 Å². The van der Waals surface area contributed by atoms with Gasteiger partial charge in [0.25, 0.3) is 0 Å². The summed E-state index contributed by atoms with van der Waals surface area (Å²) in [5, 5.41) is 3.39. The summed E-state index contributed by atoms with van der Waals surface area (Å²) in [5.74, 6) is 0. The number of rotatable bonds is 2. The van der Waals surface area contributed by atoms with Crippen LogP contribution in [0.3, 0.4) is 0 Å². The van der Waals surface area contributed by atoms with Crippen LogP contribution in [0.2, 0.25) is 0 Å². The number of hydrogen-bond donors (Lipinski definition) is 1. The molecule has 3 aromatic rings. The molecule has 0 bridgehead atoms. The third kappa shape index (κ3) is 2.42. The molecule has 0 amide bonds. The van der Waals surface area contributed by atoms with Gasteiger partial charge in [-0.3, -0.25) is 0 Å². The van der Waals surface area contributed by atoms with Crippen LogP contribution in [-0.4, -0.2) is 4.98 Å². The Bertz CT molecular complexity index is 646. The standard InChI is InChI=1S/C13H9IN2S/c14-9-1-3-10(4-2-9)16-11-5-6-12-13(7-11)17-8-15-12/h1-8,16H. The van der Waals surface area contributed by atoms with Crippen molar-refractivity contribution in [2.75, 3.05) is 5.32 Å². The van der Waals surface area contributed by atoms with Gasteiger partial charge in [0, 0.05) is 14.9 Å². The van der Waals surface area contributed by atoms with E-state index in [1.807, 2.05) is 11.6 Å². The number of hydrogen-bond acceptors (Lipinski definition) is 3. The van der Waals surface area contributed by atoms with Crippen molar-refractivity contribution in [1.29, 1.82) is 0 Å². The van der Waals surface area contributed by atoms with Crippen molar-refractivity contribution in [2.24, 2.45) is 0 Å². The van der Waals surface area contributed by atoms with Gasteiger partial charge in [-0.2, -0.15) is 0 Å². The van der Waals surface area contributed by atoms with Crippen LogP contribution in [0.15, 0.2) is 48.0 Å². The minimum atomic E-state index is 1.06. The molecule has 0 aliphatic rings. The van der Waals surface area contributed by atoms with Crippen molar-refractivity contribution in [1.82, 2.24) is 4.98 Å². The van der Waals surface area contributed by atoms with E-state index < -0.39 is 0 Å². The molecule has 1 heterocycles. The van der Waals surface area contributed by atoms with Crippen molar-refractivity contribution in [3.05, 3.63) is 51.5 Å². The number of fused-ring (bicyclic) bond motifs is 1. The Balaban J connectivity index is 1.91. The van der Waals surface area contributed by atoms with E-state index in [2.05, 4.69) is 69.3 Å². The minimum absolute atomic E-state index is 1.06. The molecule has 0 radical (unpaired) electrons. The first-order valence-electron chi connectivity index (χ1n) is 5.17. The molecule has 0 saturated carbocycles. The molecule has 84 valence electrons. The molecule has 2 nitrogen and oxygen atoms in total. The summed E-state index contributed by atoms with van der Waals surface area (Å²) in [6.07, 6.45) is 0. The minimum Gasteiger partial charge on any atom is -0.355 e. The third-order valence-electron chi connectivity index (χ3n) is 2.46. The molecule has 17 heavy (non-hydrogen) atoms. The Kier molecular flexibility index (Phi) is 2.98. The Labute approximate surface area is 117 Å². The zero-order valence-corrected chi connectivity index (χ0v) is 11.8. The molecule has 0 atom stereocenters. The second kappa shape index (κ2) is 4.62. The van der Waals surface area contributed by atoms with Crippen LogP contribution in [-0.2, 0) is 0 Å². The number of nitrogens with zero attached hydrogens (tertiary/aromatic N) is 1. The predicted octanol–water partition coefficient (Wildman–Crippen LogP) is 4.64. The summed E-state index contributed by atoms with van der Waals surface area (Å²) in [6.45, 7) is 0. The van der Waals surface area contributed by atoms with Crippen LogP contribution in [0.1, 0.15) is 0 Å². The van der Waals surface area contributed by atoms with E-state index in [1.54, 1.807) is 11.3 Å². The zero-order chi connectivity index (χ0) is 11.7. The third-order valence-corrected chi connectivity index (χ3v) is 3.98. The number of aromatic nitrogens is 1. The SMILES string of the molecule is Ic1ccc(Nc2ccc3ncsc3c2)cc1. The maximum absolute atomic E-state index is 4.27. The highest BCUT2D eigenvalue weighted by Crippen LogP contribution is 2.24. The number of thiazole rings is 1. The van der Waals surface area contributed by atoms with Crippen molar-refractivity contribution in [3.63, 3.8) is 0 Å². The lowest BCUT2D eigenvalue weighted by molar-refractivity contribution is 1.49. The first-order chi connectivity index (χ1) is 8.31. The van der Waals surface area contributed by atoms with Crippen molar-refractivity contribution in [3.8, 4) is 0 Å². The second-order valence-corrected chi connectivity index (χ2v) is 5.80. The normalized spacial score (nSPS) is 10.6. The van der Waals surface area contributed by atoms with E-state index in [4.69, 9.17) is 0 Å². The van der Waals surface area contributed by atoms with Crippen LogP contribution in [0, 0.1) is 3.57 Å². The number of nitrogens with one attached hydrogen (secondary N) is 1. The summed E-state index contributed by atoms with van der Waals surface area (Å²) < 4.78 is 2.45. The molecule has 1 aromatic heterocycles. The fourth-order valence-corrected chi connectivity index (χ4v) is 2.71. The first-order valence-corrected chi connectivity index (χ1v) is 7.13. The van der Waals surface area contributed by atoms with Crippen molar-refractivity contribution >= 4 is 55.5 Å². The summed E-state index contributed by atoms with van der Waals surface area (Å²) in [5.41, 5.74) is 5.14. The molecule has 0 aliphatic carbocycles. The smallest absolute Gasteiger partial charge is 0.0813 e. The molecular formula is C13H9IN2S. The van der Waals surface area contributed by atoms with Gasteiger partial charge in [0.05, 0.1) is 15.7 Å². The van der Waals surface area contributed by atoms with E-state index in [0.29, 0.717) is 0 Å². The van der Waals surface area contributed by atoms with Crippen molar-refractivity contribution in [2.45, 2.75) is 0 Å². The maximum atomic E-state index is 4.27. The van der Waals surface area contributed by atoms with Crippen LogP contribution >= 0.6 is 33.9 Å². The fourth-order valence-electron chi connectivity index (χ4n) is 1.63. The fraction of sp³-hybridized carbons (Fsp3) is 0. The molecule has 4 heteroatoms. The quantitative estimate of drug-likeness (QED) is 0.680. The molecule has 2 aromatic carbocycles. The Morgan fingerprint density at radius 2 is 1.76 bits per heavy atom. The number of benzene rings is 2. The summed E-state index contributed by atoms with van der Waals surface area (Å²) in [4.78, 5) is 4.27. The van der Waals surface area contributed by atoms with Gasteiger partial charge in [-0.05, 0) is 65.1 Å². The van der Waals surface area contributed by atoms with Gasteiger partial charge in [0.1, 0.15) is 0 Å². The van der Waals surface area contributed by atoms with Crippen LogP contribution in [0.25, 0.3) is 10.2 Å². The molecule has 0 aliphatic heterocycles. The number of anilines is 2. The Hall–Kier alpha value is -1.14. The van der Waals surface area contributed by atoms with E-state index in [1.165, 1.54) is 8.27 Å². The summed E-state index contributed by atoms with van der Waals surface area (Å²) in [6, 6.07) is 14.6. The lowest BCUT2D eigenvalue weighted by Gasteiger charge is -2.06. The van der Waals surface area contributed by atoms with Crippen LogP contribution < -0.4 is 5.32 Å². The largest absolute Gasteiger partial charge is 0.355 e. The molecule has 1 N–H and O–H groups in total. The molecule has 0 spiro atoms. The topological polar surface area (TPSA) is 24.9 Å². The lowest BCUT2D eigenvalue weighted by Crippen LogP contribution is -1.89. The average Bonchev–Trinajstić information content (AvgIpc) is 2.79. The maximum Gasteiger partial charge on any atom is 0.0813 e. The van der Waals surface area contributed by atoms with E-state index in [-0.39, 0.29) is 0 Å². The van der Waals surface area contributed by atoms with Gasteiger partial charge in [0.2, 0.25) is 0 Å². The average molecular weight is 352 g/mol. The second-order valence-electron chi connectivity index (χ2n) is 3.67. The zero-order valence-electron chi connectivity index (χ0n) is 8.85. The predicted molar refractivity (Wildman–Crippen MR) is 82.1 cm³/mol. The van der Waals surface area contributed by atoms with Crippen LogP contribution in [0.4, 0.5) is 11.4 Å². The van der Waals surface area contributed by atoms with Gasteiger partial charge in [-0.25, -0.2) is 4.98 Å². The van der Waals surface area contributed by atoms with E-state index >= 15 is 0 Å². The highest BCUT2D eigenvalue weighted by atomic mass is 127. The molecule has 3 rings (SSSR count). The highest BCUT2D eigenvalue weighted by molar-refractivity contribution is 14.1. The molecule has 0 unspecified atom stereocenters. The Morgan fingerprint density at radius 3 is 2.59 bits per heavy atom. The monoisotopic (exact) mass is 352 g/mol. The van der Waals surface area contributed by atoms with Gasteiger partial charge in [-0.15, -0.1) is 11.3 Å². The Morgan fingerprint density at radius 1 is 1.00 bits per heavy atom. The summed E-state index contributed by atoms with van der Waals surface area (Å²) >= 11 is 3.97. The van der Waals surface area contributed by atoms with Gasteiger partial charge >= 0.3 is 0 Å². The lowest BCUT2D eigenvalue weighted by atomic mass is 10.2. The molecule has 0 saturated heterocycles. The first kappa shape index (κ1) is 11.0. The van der Waals surface area contributed by atoms with Gasteiger partial charge in [-0.1, -0.05) is 0 Å². The highest BCUT2D eigenvalue weighted by Gasteiger charge is 1.99. The van der Waals surface area contributed by atoms with Crippen molar-refractivity contribution < 1.29 is 0 Å². The number of halogens is 1. The van der Waals surface area contributed by atoms with Gasteiger partial charge < -0.3 is 5.32 Å².